The maximum atomic E-state index is 11.9. The Balaban J connectivity index is 0.00000300. The number of halogens is 1. The summed E-state index contributed by atoms with van der Waals surface area (Å²) in [6.07, 6.45) is 4.33. The highest BCUT2D eigenvalue weighted by Crippen LogP contribution is 2.31. The first kappa shape index (κ1) is 22.9. The van der Waals surface area contributed by atoms with Crippen LogP contribution in [0.1, 0.15) is 30.7 Å². The average molecular weight is 508 g/mol. The zero-order valence-corrected chi connectivity index (χ0v) is 19.0. The van der Waals surface area contributed by atoms with Crippen LogP contribution in [0, 0.1) is 0 Å². The minimum Gasteiger partial charge on any atom is -0.370 e. The van der Waals surface area contributed by atoms with E-state index in [2.05, 4.69) is 37.3 Å². The van der Waals surface area contributed by atoms with Crippen molar-refractivity contribution in [1.82, 2.24) is 15.6 Å². The Labute approximate surface area is 189 Å². The van der Waals surface area contributed by atoms with Crippen molar-refractivity contribution in [3.05, 3.63) is 54.2 Å². The molecule has 8 heteroatoms. The number of rotatable bonds is 8. The van der Waals surface area contributed by atoms with Gasteiger partial charge in [0.15, 0.2) is 5.96 Å². The van der Waals surface area contributed by atoms with Crippen molar-refractivity contribution in [3.8, 4) is 0 Å². The quantitative estimate of drug-likeness (QED) is 0.190. The van der Waals surface area contributed by atoms with E-state index in [1.807, 2.05) is 36.4 Å². The normalized spacial score (nSPS) is 15.6. The van der Waals surface area contributed by atoms with Crippen LogP contribution in [-0.4, -0.2) is 43.5 Å². The van der Waals surface area contributed by atoms with Crippen LogP contribution < -0.4 is 21.3 Å². The first-order valence-corrected chi connectivity index (χ1v) is 9.74. The SMILES string of the molecule is CN=C(NCCCCNc1ccccn1)NCC1CC(=O)Nc2ccccc21.I. The van der Waals surface area contributed by atoms with Crippen LogP contribution in [0.3, 0.4) is 0 Å². The Morgan fingerprint density at radius 2 is 1.93 bits per heavy atom. The second kappa shape index (κ2) is 12.3. The van der Waals surface area contributed by atoms with Gasteiger partial charge in [0.1, 0.15) is 5.82 Å². The van der Waals surface area contributed by atoms with Gasteiger partial charge in [-0.05, 0) is 36.6 Å². The molecule has 3 rings (SSSR count). The van der Waals surface area contributed by atoms with Crippen LogP contribution in [0.5, 0.6) is 0 Å². The van der Waals surface area contributed by atoms with Gasteiger partial charge in [-0.2, -0.15) is 0 Å². The van der Waals surface area contributed by atoms with Crippen molar-refractivity contribution in [2.75, 3.05) is 37.3 Å². The van der Waals surface area contributed by atoms with Crippen LogP contribution in [0.2, 0.25) is 0 Å². The van der Waals surface area contributed by atoms with Crippen LogP contribution >= 0.6 is 24.0 Å². The summed E-state index contributed by atoms with van der Waals surface area (Å²) >= 11 is 0. The van der Waals surface area contributed by atoms with Gasteiger partial charge in [0.05, 0.1) is 0 Å². The number of amides is 1. The Hall–Kier alpha value is -2.36. The van der Waals surface area contributed by atoms with E-state index in [-0.39, 0.29) is 35.8 Å². The number of pyridine rings is 1. The molecule has 1 aliphatic rings. The number of unbranched alkanes of at least 4 members (excludes halogenated alkanes) is 1. The number of hydrogen-bond acceptors (Lipinski definition) is 4. The van der Waals surface area contributed by atoms with Crippen LogP contribution in [-0.2, 0) is 4.79 Å². The zero-order chi connectivity index (χ0) is 19.6. The van der Waals surface area contributed by atoms with Gasteiger partial charge in [-0.3, -0.25) is 9.79 Å². The van der Waals surface area contributed by atoms with E-state index < -0.39 is 0 Å². The van der Waals surface area contributed by atoms with Crippen LogP contribution in [0.4, 0.5) is 11.5 Å². The van der Waals surface area contributed by atoms with E-state index in [4.69, 9.17) is 0 Å². The summed E-state index contributed by atoms with van der Waals surface area (Å²) in [5.41, 5.74) is 2.08. The first-order valence-electron chi connectivity index (χ1n) is 9.74. The highest BCUT2D eigenvalue weighted by atomic mass is 127. The molecule has 156 valence electrons. The maximum Gasteiger partial charge on any atom is 0.225 e. The smallest absolute Gasteiger partial charge is 0.225 e. The number of para-hydroxylation sites is 1. The molecule has 0 spiro atoms. The molecule has 1 aromatic heterocycles. The summed E-state index contributed by atoms with van der Waals surface area (Å²) in [6.45, 7) is 2.40. The third-order valence-corrected chi connectivity index (χ3v) is 4.71. The molecule has 0 aliphatic carbocycles. The number of hydrogen-bond donors (Lipinski definition) is 4. The number of aromatic nitrogens is 1. The molecule has 0 radical (unpaired) electrons. The van der Waals surface area contributed by atoms with Crippen molar-refractivity contribution in [1.29, 1.82) is 0 Å². The fraction of sp³-hybridized carbons (Fsp3) is 0.381. The van der Waals surface area contributed by atoms with Crippen molar-refractivity contribution in [3.63, 3.8) is 0 Å². The van der Waals surface area contributed by atoms with Crippen molar-refractivity contribution in [2.24, 2.45) is 4.99 Å². The number of benzene rings is 1. The number of nitrogens with zero attached hydrogens (tertiary/aromatic N) is 2. The molecule has 0 saturated heterocycles. The monoisotopic (exact) mass is 508 g/mol. The molecule has 0 fully saturated rings. The van der Waals surface area contributed by atoms with Crippen molar-refractivity contribution >= 4 is 47.3 Å². The highest BCUT2D eigenvalue weighted by molar-refractivity contribution is 14.0. The molecule has 2 heterocycles. The third kappa shape index (κ3) is 7.19. The number of nitrogens with one attached hydrogen (secondary N) is 4. The highest BCUT2D eigenvalue weighted by Gasteiger charge is 2.24. The predicted molar refractivity (Wildman–Crippen MR) is 129 cm³/mol. The van der Waals surface area contributed by atoms with E-state index in [9.17, 15) is 4.79 Å². The molecule has 1 amide bonds. The Bertz CT molecular complexity index is 799. The van der Waals surface area contributed by atoms with E-state index in [1.165, 1.54) is 5.56 Å². The largest absolute Gasteiger partial charge is 0.370 e. The molecule has 2 aromatic rings. The third-order valence-electron chi connectivity index (χ3n) is 4.71. The van der Waals surface area contributed by atoms with Gasteiger partial charge in [0, 0.05) is 50.9 Å². The lowest BCUT2D eigenvalue weighted by molar-refractivity contribution is -0.116. The number of aliphatic imine (C=N–C) groups is 1. The average Bonchev–Trinajstić information content (AvgIpc) is 2.73. The predicted octanol–water partition coefficient (Wildman–Crippen LogP) is 3.18. The summed E-state index contributed by atoms with van der Waals surface area (Å²) < 4.78 is 0. The number of carbonyl (C=O) groups is 1. The standard InChI is InChI=1S/C21H28N6O.HI/c1-22-21(25-13-7-6-12-24-19-10-4-5-11-23-19)26-15-16-14-20(28)27-18-9-3-2-8-17(16)18;/h2-5,8-11,16H,6-7,12-15H2,1H3,(H,23,24)(H,27,28)(H2,22,25,26);1H. The van der Waals surface area contributed by atoms with E-state index in [1.54, 1.807) is 13.2 Å². The summed E-state index contributed by atoms with van der Waals surface area (Å²) in [4.78, 5) is 20.5. The Morgan fingerprint density at radius 1 is 1.14 bits per heavy atom. The topological polar surface area (TPSA) is 90.4 Å². The minimum atomic E-state index is 0. The minimum absolute atomic E-state index is 0. The molecular formula is C21H29IN6O. The van der Waals surface area contributed by atoms with E-state index in [0.29, 0.717) is 13.0 Å². The number of guanidine groups is 1. The van der Waals surface area contributed by atoms with Gasteiger partial charge in [0.25, 0.3) is 0 Å². The zero-order valence-electron chi connectivity index (χ0n) is 16.6. The number of fused-ring (bicyclic) bond motifs is 1. The molecule has 7 nitrogen and oxygen atoms in total. The van der Waals surface area contributed by atoms with Gasteiger partial charge in [0.2, 0.25) is 5.91 Å². The van der Waals surface area contributed by atoms with E-state index in [0.717, 1.165) is 43.4 Å². The summed E-state index contributed by atoms with van der Waals surface area (Å²) in [5, 5.41) is 12.9. The lowest BCUT2D eigenvalue weighted by Crippen LogP contribution is -2.41. The number of anilines is 2. The molecule has 4 N–H and O–H groups in total. The summed E-state index contributed by atoms with van der Waals surface area (Å²) in [5.74, 6) is 1.88. The van der Waals surface area contributed by atoms with Gasteiger partial charge < -0.3 is 21.3 Å². The van der Waals surface area contributed by atoms with Gasteiger partial charge >= 0.3 is 0 Å². The Morgan fingerprint density at radius 3 is 2.72 bits per heavy atom. The molecule has 0 bridgehead atoms. The molecule has 1 aliphatic heterocycles. The fourth-order valence-electron chi connectivity index (χ4n) is 3.27. The van der Waals surface area contributed by atoms with Gasteiger partial charge in [-0.15, -0.1) is 24.0 Å². The first-order chi connectivity index (χ1) is 13.8. The van der Waals surface area contributed by atoms with Crippen molar-refractivity contribution in [2.45, 2.75) is 25.2 Å². The van der Waals surface area contributed by atoms with Crippen LogP contribution in [0.15, 0.2) is 53.7 Å². The molecular weight excluding hydrogens is 479 g/mol. The molecule has 1 atom stereocenters. The Kier molecular flexibility index (Phi) is 9.69. The molecule has 0 saturated carbocycles. The summed E-state index contributed by atoms with van der Waals surface area (Å²) in [7, 11) is 1.76. The lowest BCUT2D eigenvalue weighted by atomic mass is 9.90. The summed E-state index contributed by atoms with van der Waals surface area (Å²) in [6, 6.07) is 13.8. The second-order valence-corrected chi connectivity index (χ2v) is 6.77. The molecule has 1 unspecified atom stereocenters. The molecule has 1 aromatic carbocycles. The van der Waals surface area contributed by atoms with Gasteiger partial charge in [-0.1, -0.05) is 24.3 Å². The van der Waals surface area contributed by atoms with Crippen LogP contribution in [0.25, 0.3) is 0 Å². The van der Waals surface area contributed by atoms with Gasteiger partial charge in [-0.25, -0.2) is 4.98 Å². The van der Waals surface area contributed by atoms with Crippen molar-refractivity contribution < 1.29 is 4.79 Å². The number of carbonyl (C=O) groups excluding carboxylic acids is 1. The van der Waals surface area contributed by atoms with E-state index >= 15 is 0 Å². The second-order valence-electron chi connectivity index (χ2n) is 6.77. The maximum absolute atomic E-state index is 11.9. The lowest BCUT2D eigenvalue weighted by Gasteiger charge is -2.26. The fourth-order valence-corrected chi connectivity index (χ4v) is 3.27. The molecule has 29 heavy (non-hydrogen) atoms.